The van der Waals surface area contributed by atoms with Crippen molar-refractivity contribution in [2.75, 3.05) is 40.0 Å². The molecule has 1 saturated heterocycles. The molecule has 23 heavy (non-hydrogen) atoms. The Morgan fingerprint density at radius 2 is 2.13 bits per heavy atom. The largest absolute Gasteiger partial charge is 0.486 e. The summed E-state index contributed by atoms with van der Waals surface area (Å²) in [6, 6.07) is 3.84. The molecule has 1 aromatic rings. The van der Waals surface area contributed by atoms with E-state index in [1.54, 1.807) is 7.05 Å². The molecular weight excluding hydrogens is 318 g/mol. The van der Waals surface area contributed by atoms with Crippen LogP contribution < -0.4 is 20.1 Å². The third kappa shape index (κ3) is 4.20. The number of benzene rings is 1. The average Bonchev–Trinajstić information content (AvgIpc) is 3.08. The van der Waals surface area contributed by atoms with Crippen molar-refractivity contribution in [1.82, 2.24) is 10.6 Å². The van der Waals surface area contributed by atoms with Gasteiger partial charge in [-0.05, 0) is 24.1 Å². The minimum absolute atomic E-state index is 0.533. The Morgan fingerprint density at radius 1 is 1.26 bits per heavy atom. The van der Waals surface area contributed by atoms with E-state index < -0.39 is 0 Å². The highest BCUT2D eigenvalue weighted by Gasteiger charge is 2.17. The summed E-state index contributed by atoms with van der Waals surface area (Å²) >= 11 is 6.25. The minimum Gasteiger partial charge on any atom is -0.486 e. The maximum Gasteiger partial charge on any atom is 0.191 e. The Labute approximate surface area is 141 Å². The number of halogens is 1. The van der Waals surface area contributed by atoms with Crippen molar-refractivity contribution in [2.45, 2.75) is 13.0 Å². The number of hydrogen-bond donors (Lipinski definition) is 2. The van der Waals surface area contributed by atoms with Crippen LogP contribution in [0.4, 0.5) is 0 Å². The van der Waals surface area contributed by atoms with E-state index in [4.69, 9.17) is 25.8 Å². The fraction of sp³-hybridized carbons (Fsp3) is 0.562. The molecule has 2 N–H and O–H groups in total. The summed E-state index contributed by atoms with van der Waals surface area (Å²) in [5, 5.41) is 7.19. The van der Waals surface area contributed by atoms with E-state index >= 15 is 0 Å². The van der Waals surface area contributed by atoms with Crippen LogP contribution in [0.2, 0.25) is 5.02 Å². The van der Waals surface area contributed by atoms with E-state index in [9.17, 15) is 0 Å². The number of aliphatic imine (C=N–C) groups is 1. The highest BCUT2D eigenvalue weighted by atomic mass is 35.5. The number of fused-ring (bicyclic) bond motifs is 1. The molecule has 1 fully saturated rings. The van der Waals surface area contributed by atoms with E-state index in [2.05, 4.69) is 15.6 Å². The number of hydrogen-bond acceptors (Lipinski definition) is 4. The number of guanidine groups is 1. The second-order valence-electron chi connectivity index (χ2n) is 5.64. The van der Waals surface area contributed by atoms with E-state index in [-0.39, 0.29) is 0 Å². The van der Waals surface area contributed by atoms with Gasteiger partial charge in [-0.1, -0.05) is 11.6 Å². The van der Waals surface area contributed by atoms with Gasteiger partial charge in [-0.3, -0.25) is 4.99 Å². The Kier molecular flexibility index (Phi) is 5.46. The number of nitrogens with one attached hydrogen (secondary N) is 2. The van der Waals surface area contributed by atoms with E-state index in [0.717, 1.165) is 37.7 Å². The molecule has 2 aliphatic rings. The Morgan fingerprint density at radius 3 is 2.91 bits per heavy atom. The van der Waals surface area contributed by atoms with Crippen LogP contribution in [0.5, 0.6) is 11.5 Å². The molecular formula is C16H22ClN3O3. The highest BCUT2D eigenvalue weighted by Crippen LogP contribution is 2.38. The van der Waals surface area contributed by atoms with Gasteiger partial charge in [0.25, 0.3) is 0 Å². The molecule has 7 heteroatoms. The second-order valence-corrected chi connectivity index (χ2v) is 6.05. The number of nitrogens with zero attached hydrogens (tertiary/aromatic N) is 1. The van der Waals surface area contributed by atoms with Gasteiger partial charge in [0.15, 0.2) is 17.5 Å². The van der Waals surface area contributed by atoms with E-state index in [1.165, 1.54) is 0 Å². The predicted molar refractivity (Wildman–Crippen MR) is 89.6 cm³/mol. The molecule has 2 heterocycles. The van der Waals surface area contributed by atoms with Gasteiger partial charge in [0.2, 0.25) is 0 Å². The zero-order chi connectivity index (χ0) is 16.1. The van der Waals surface area contributed by atoms with Crippen LogP contribution in [-0.4, -0.2) is 46.0 Å². The van der Waals surface area contributed by atoms with Gasteiger partial charge < -0.3 is 24.8 Å². The summed E-state index contributed by atoms with van der Waals surface area (Å²) in [7, 11) is 1.76. The summed E-state index contributed by atoms with van der Waals surface area (Å²) < 4.78 is 16.5. The first-order valence-electron chi connectivity index (χ1n) is 7.86. The molecule has 0 spiro atoms. The van der Waals surface area contributed by atoms with Crippen LogP contribution in [0, 0.1) is 5.92 Å². The Hall–Kier alpha value is -1.66. The first-order valence-corrected chi connectivity index (χ1v) is 8.24. The van der Waals surface area contributed by atoms with Gasteiger partial charge in [-0.15, -0.1) is 0 Å². The van der Waals surface area contributed by atoms with Crippen molar-refractivity contribution in [2.24, 2.45) is 10.9 Å². The number of rotatable bonds is 4. The predicted octanol–water partition coefficient (Wildman–Crippen LogP) is 1.81. The van der Waals surface area contributed by atoms with Crippen molar-refractivity contribution in [3.05, 3.63) is 22.7 Å². The quantitative estimate of drug-likeness (QED) is 0.647. The van der Waals surface area contributed by atoms with Crippen LogP contribution in [0.1, 0.15) is 12.0 Å². The van der Waals surface area contributed by atoms with Gasteiger partial charge in [0, 0.05) is 32.7 Å². The SMILES string of the molecule is CN=C(NCc1cc(Cl)c2c(c1)OCCO2)NCC1CCOC1. The molecule has 126 valence electrons. The second kappa shape index (κ2) is 7.75. The van der Waals surface area contributed by atoms with Crippen molar-refractivity contribution in [3.63, 3.8) is 0 Å². The molecule has 0 aliphatic carbocycles. The van der Waals surface area contributed by atoms with Gasteiger partial charge in [0.05, 0.1) is 11.6 Å². The molecule has 0 bridgehead atoms. The van der Waals surface area contributed by atoms with Crippen LogP contribution in [0.15, 0.2) is 17.1 Å². The van der Waals surface area contributed by atoms with Crippen molar-refractivity contribution in [1.29, 1.82) is 0 Å². The summed E-state index contributed by atoms with van der Waals surface area (Å²) in [5.41, 5.74) is 1.02. The van der Waals surface area contributed by atoms with Crippen molar-refractivity contribution in [3.8, 4) is 11.5 Å². The lowest BCUT2D eigenvalue weighted by Crippen LogP contribution is -2.39. The lowest BCUT2D eigenvalue weighted by molar-refractivity contribution is 0.171. The van der Waals surface area contributed by atoms with Crippen LogP contribution >= 0.6 is 11.6 Å². The smallest absolute Gasteiger partial charge is 0.191 e. The molecule has 0 radical (unpaired) electrons. The van der Waals surface area contributed by atoms with Crippen LogP contribution in [0.3, 0.4) is 0 Å². The van der Waals surface area contributed by atoms with Crippen LogP contribution in [-0.2, 0) is 11.3 Å². The molecule has 1 atom stereocenters. The summed E-state index contributed by atoms with van der Waals surface area (Å²) in [5.74, 6) is 2.65. The molecule has 1 aromatic carbocycles. The molecule has 0 aromatic heterocycles. The third-order valence-electron chi connectivity index (χ3n) is 3.92. The average molecular weight is 340 g/mol. The summed E-state index contributed by atoms with van der Waals surface area (Å²) in [6.45, 7) is 4.23. The summed E-state index contributed by atoms with van der Waals surface area (Å²) in [6.07, 6.45) is 1.10. The fourth-order valence-corrected chi connectivity index (χ4v) is 2.95. The lowest BCUT2D eigenvalue weighted by atomic mass is 10.1. The first-order chi connectivity index (χ1) is 11.3. The van der Waals surface area contributed by atoms with Gasteiger partial charge >= 0.3 is 0 Å². The zero-order valence-corrected chi connectivity index (χ0v) is 14.0. The first kappa shape index (κ1) is 16.2. The highest BCUT2D eigenvalue weighted by molar-refractivity contribution is 6.32. The molecule has 6 nitrogen and oxygen atoms in total. The monoisotopic (exact) mass is 339 g/mol. The van der Waals surface area contributed by atoms with Crippen molar-refractivity contribution < 1.29 is 14.2 Å². The molecule has 0 amide bonds. The van der Waals surface area contributed by atoms with E-state index in [1.807, 2.05) is 12.1 Å². The maximum atomic E-state index is 6.25. The molecule has 3 rings (SSSR count). The fourth-order valence-electron chi connectivity index (χ4n) is 2.66. The van der Waals surface area contributed by atoms with Gasteiger partial charge in [0.1, 0.15) is 13.2 Å². The van der Waals surface area contributed by atoms with E-state index in [0.29, 0.717) is 42.2 Å². The molecule has 0 saturated carbocycles. The normalized spacial score (nSPS) is 20.4. The summed E-state index contributed by atoms with van der Waals surface area (Å²) in [4.78, 5) is 4.24. The minimum atomic E-state index is 0.533. The Bertz CT molecular complexity index is 574. The Balaban J connectivity index is 1.55. The molecule has 1 unspecified atom stereocenters. The van der Waals surface area contributed by atoms with Crippen LogP contribution in [0.25, 0.3) is 0 Å². The lowest BCUT2D eigenvalue weighted by Gasteiger charge is -2.20. The van der Waals surface area contributed by atoms with Gasteiger partial charge in [-0.25, -0.2) is 0 Å². The zero-order valence-electron chi connectivity index (χ0n) is 13.2. The number of ether oxygens (including phenoxy) is 3. The standard InChI is InChI=1S/C16H22ClN3O3/c1-18-16(19-8-11-2-3-21-10-11)20-9-12-6-13(17)15-14(7-12)22-4-5-23-15/h6-7,11H,2-5,8-10H2,1H3,(H2,18,19,20). The topological polar surface area (TPSA) is 64.1 Å². The molecule has 2 aliphatic heterocycles. The third-order valence-corrected chi connectivity index (χ3v) is 4.20. The maximum absolute atomic E-state index is 6.25. The van der Waals surface area contributed by atoms with Crippen molar-refractivity contribution >= 4 is 17.6 Å². The van der Waals surface area contributed by atoms with Gasteiger partial charge in [-0.2, -0.15) is 0 Å².